The molecule has 0 spiro atoms. The highest BCUT2D eigenvalue weighted by Gasteiger charge is 2.24. The summed E-state index contributed by atoms with van der Waals surface area (Å²) in [5.74, 6) is 2.22. The molecule has 18 heavy (non-hydrogen) atoms. The molecule has 0 amide bonds. The van der Waals surface area contributed by atoms with Gasteiger partial charge in [-0.1, -0.05) is 18.9 Å². The van der Waals surface area contributed by atoms with Gasteiger partial charge in [0.05, 0.1) is 6.61 Å². The molecule has 100 valence electrons. The van der Waals surface area contributed by atoms with Gasteiger partial charge in [0.15, 0.2) is 0 Å². The van der Waals surface area contributed by atoms with Crippen LogP contribution in [0.4, 0.5) is 5.82 Å². The van der Waals surface area contributed by atoms with Crippen molar-refractivity contribution in [1.29, 1.82) is 0 Å². The molecule has 1 unspecified atom stereocenters. The zero-order chi connectivity index (χ0) is 12.8. The molecule has 0 saturated heterocycles. The fourth-order valence-electron chi connectivity index (χ4n) is 2.64. The fraction of sp³-hybridized carbons (Fsp3) is 0.643. The van der Waals surface area contributed by atoms with E-state index in [1.165, 1.54) is 25.7 Å². The maximum Gasteiger partial charge on any atom is 0.215 e. The molecule has 2 rings (SSSR count). The molecule has 1 aromatic rings. The van der Waals surface area contributed by atoms with Gasteiger partial charge in [0.2, 0.25) is 5.88 Å². The summed E-state index contributed by atoms with van der Waals surface area (Å²) < 4.78 is 5.40. The Balaban J connectivity index is 1.99. The minimum Gasteiger partial charge on any atom is -0.478 e. The summed E-state index contributed by atoms with van der Waals surface area (Å²) in [6.07, 6.45) is 5.21. The van der Waals surface area contributed by atoms with Gasteiger partial charge in [-0.3, -0.25) is 0 Å². The van der Waals surface area contributed by atoms with E-state index in [1.54, 1.807) is 0 Å². The number of nitrogens with two attached hydrogens (primary N) is 1. The van der Waals surface area contributed by atoms with Gasteiger partial charge >= 0.3 is 0 Å². The van der Waals surface area contributed by atoms with Crippen LogP contribution in [0.5, 0.6) is 5.88 Å². The Morgan fingerprint density at radius 3 is 2.89 bits per heavy atom. The third-order valence-corrected chi connectivity index (χ3v) is 3.57. The van der Waals surface area contributed by atoms with Crippen molar-refractivity contribution in [1.82, 2.24) is 4.98 Å². The van der Waals surface area contributed by atoms with Gasteiger partial charge in [0.1, 0.15) is 5.82 Å². The molecular formula is C14H23N3O. The van der Waals surface area contributed by atoms with Crippen LogP contribution in [0, 0.1) is 5.92 Å². The molecule has 1 aliphatic rings. The number of nitrogens with zero attached hydrogens (tertiary/aromatic N) is 1. The summed E-state index contributed by atoms with van der Waals surface area (Å²) in [7, 11) is 0. The number of pyridine rings is 1. The van der Waals surface area contributed by atoms with Gasteiger partial charge in [-0.25, -0.2) is 0 Å². The highest BCUT2D eigenvalue weighted by molar-refractivity contribution is 5.38. The number of aromatic nitrogens is 1. The molecule has 0 bridgehead atoms. The summed E-state index contributed by atoms with van der Waals surface area (Å²) in [5, 5.41) is 3.45. The van der Waals surface area contributed by atoms with E-state index < -0.39 is 0 Å². The molecule has 0 radical (unpaired) electrons. The van der Waals surface area contributed by atoms with Crippen LogP contribution in [0.3, 0.4) is 0 Å². The first-order chi connectivity index (χ1) is 8.83. The van der Waals surface area contributed by atoms with Crippen molar-refractivity contribution in [2.24, 2.45) is 11.7 Å². The number of hydrogen-bond acceptors (Lipinski definition) is 4. The average Bonchev–Trinajstić information content (AvgIpc) is 2.90. The molecule has 1 aliphatic carbocycles. The van der Waals surface area contributed by atoms with Gasteiger partial charge in [-0.2, -0.15) is 4.98 Å². The highest BCUT2D eigenvalue weighted by atomic mass is 16.5. The van der Waals surface area contributed by atoms with Crippen molar-refractivity contribution >= 4 is 5.82 Å². The second-order valence-corrected chi connectivity index (χ2v) is 4.83. The van der Waals surface area contributed by atoms with Gasteiger partial charge in [0, 0.05) is 18.7 Å². The molecule has 1 atom stereocenters. The number of rotatable bonds is 6. The first-order valence-corrected chi connectivity index (χ1v) is 6.90. The molecule has 0 aromatic carbocycles. The van der Waals surface area contributed by atoms with Crippen LogP contribution < -0.4 is 15.8 Å². The summed E-state index contributed by atoms with van der Waals surface area (Å²) in [5.41, 5.74) is 5.88. The highest BCUT2D eigenvalue weighted by Crippen LogP contribution is 2.29. The molecule has 0 aliphatic heterocycles. The van der Waals surface area contributed by atoms with E-state index in [0.717, 1.165) is 5.82 Å². The molecule has 1 saturated carbocycles. The lowest BCUT2D eigenvalue weighted by molar-refractivity contribution is 0.327. The summed E-state index contributed by atoms with van der Waals surface area (Å²) in [6.45, 7) is 3.26. The first kappa shape index (κ1) is 13.1. The van der Waals surface area contributed by atoms with Crippen LogP contribution in [0.2, 0.25) is 0 Å². The Bertz CT molecular complexity index is 364. The monoisotopic (exact) mass is 249 g/mol. The lowest BCUT2D eigenvalue weighted by Gasteiger charge is -2.23. The molecule has 4 heteroatoms. The Labute approximate surface area is 109 Å². The molecule has 4 nitrogen and oxygen atoms in total. The first-order valence-electron chi connectivity index (χ1n) is 6.90. The van der Waals surface area contributed by atoms with Crippen molar-refractivity contribution in [2.45, 2.75) is 38.6 Å². The van der Waals surface area contributed by atoms with E-state index in [4.69, 9.17) is 10.5 Å². The minimum absolute atomic E-state index is 0.330. The van der Waals surface area contributed by atoms with Crippen LogP contribution in [0.25, 0.3) is 0 Å². The summed E-state index contributed by atoms with van der Waals surface area (Å²) in [4.78, 5) is 4.43. The predicted octanol–water partition coefficient (Wildman–Crippen LogP) is 2.41. The lowest BCUT2D eigenvalue weighted by atomic mass is 9.98. The van der Waals surface area contributed by atoms with E-state index in [2.05, 4.69) is 10.3 Å². The smallest absolute Gasteiger partial charge is 0.215 e. The van der Waals surface area contributed by atoms with Gasteiger partial charge in [-0.15, -0.1) is 0 Å². The normalized spacial score (nSPS) is 17.7. The Kier molecular flexibility index (Phi) is 4.81. The second-order valence-electron chi connectivity index (χ2n) is 4.83. The Hall–Kier alpha value is -1.29. The molecule has 1 heterocycles. The minimum atomic E-state index is 0.330. The molecule has 1 fully saturated rings. The Morgan fingerprint density at radius 2 is 2.22 bits per heavy atom. The number of anilines is 1. The van der Waals surface area contributed by atoms with Crippen molar-refractivity contribution in [3.63, 3.8) is 0 Å². The Morgan fingerprint density at radius 1 is 1.44 bits per heavy atom. The maximum atomic E-state index is 5.88. The number of hydrogen-bond donors (Lipinski definition) is 2. The summed E-state index contributed by atoms with van der Waals surface area (Å²) in [6, 6.07) is 6.14. The van der Waals surface area contributed by atoms with E-state index in [-0.39, 0.29) is 0 Å². The number of ether oxygens (including phenoxy) is 1. The standard InChI is InChI=1S/C14H23N3O/c1-2-18-14-9-5-8-13(17-14)16-12(10-15)11-6-3-4-7-11/h5,8-9,11-12H,2-4,6-7,10,15H2,1H3,(H,16,17). The topological polar surface area (TPSA) is 60.2 Å². The maximum absolute atomic E-state index is 5.88. The predicted molar refractivity (Wildman–Crippen MR) is 73.8 cm³/mol. The third-order valence-electron chi connectivity index (χ3n) is 3.57. The van der Waals surface area contributed by atoms with Crippen LogP contribution >= 0.6 is 0 Å². The third kappa shape index (κ3) is 3.35. The molecule has 3 N–H and O–H groups in total. The zero-order valence-corrected chi connectivity index (χ0v) is 11.1. The quantitative estimate of drug-likeness (QED) is 0.813. The average molecular weight is 249 g/mol. The number of nitrogens with one attached hydrogen (secondary N) is 1. The van der Waals surface area contributed by atoms with Crippen LogP contribution in [-0.2, 0) is 0 Å². The van der Waals surface area contributed by atoms with Crippen molar-refractivity contribution in [3.8, 4) is 5.88 Å². The molecule has 1 aromatic heterocycles. The fourth-order valence-corrected chi connectivity index (χ4v) is 2.64. The SMILES string of the molecule is CCOc1cccc(NC(CN)C2CCCC2)n1. The van der Waals surface area contributed by atoms with Gasteiger partial charge < -0.3 is 15.8 Å². The van der Waals surface area contributed by atoms with E-state index >= 15 is 0 Å². The van der Waals surface area contributed by atoms with Gasteiger partial charge in [0.25, 0.3) is 0 Å². The zero-order valence-electron chi connectivity index (χ0n) is 11.1. The van der Waals surface area contributed by atoms with Crippen LogP contribution in [0.15, 0.2) is 18.2 Å². The van der Waals surface area contributed by atoms with Crippen LogP contribution in [-0.4, -0.2) is 24.2 Å². The van der Waals surface area contributed by atoms with E-state index in [1.807, 2.05) is 25.1 Å². The lowest BCUT2D eigenvalue weighted by Crippen LogP contribution is -2.35. The van der Waals surface area contributed by atoms with Crippen LogP contribution in [0.1, 0.15) is 32.6 Å². The van der Waals surface area contributed by atoms with E-state index in [0.29, 0.717) is 31.0 Å². The van der Waals surface area contributed by atoms with Crippen molar-refractivity contribution in [2.75, 3.05) is 18.5 Å². The largest absolute Gasteiger partial charge is 0.478 e. The van der Waals surface area contributed by atoms with Gasteiger partial charge in [-0.05, 0) is 31.7 Å². The van der Waals surface area contributed by atoms with Crippen molar-refractivity contribution in [3.05, 3.63) is 18.2 Å². The van der Waals surface area contributed by atoms with Crippen molar-refractivity contribution < 1.29 is 4.74 Å². The summed E-state index contributed by atoms with van der Waals surface area (Å²) >= 11 is 0. The van der Waals surface area contributed by atoms with E-state index in [9.17, 15) is 0 Å². The second kappa shape index (κ2) is 6.59. The molecular weight excluding hydrogens is 226 g/mol.